The number of nitrogens with one attached hydrogen (secondary N) is 2. The smallest absolute Gasteiger partial charge is 0.264 e. The Labute approximate surface area is 177 Å². The standard InChI is InChI=1S/C18H18N8O4S/c1-12(27)24-31(29,30)15-4-2-14(3-5-15)23-18(28)13-7-25(8-13)16-6-17(21-10-20-16)26-11-19-9-22-26/h2-6,9-11,13H,7-8H2,1H3,(H,23,28)(H,24,27). The van der Waals surface area contributed by atoms with Crippen LogP contribution in [0.5, 0.6) is 0 Å². The van der Waals surface area contributed by atoms with Crippen LogP contribution in [0.3, 0.4) is 0 Å². The summed E-state index contributed by atoms with van der Waals surface area (Å²) in [6.07, 6.45) is 4.37. The summed E-state index contributed by atoms with van der Waals surface area (Å²) in [4.78, 5) is 37.6. The van der Waals surface area contributed by atoms with Crippen molar-refractivity contribution in [3.05, 3.63) is 49.3 Å². The van der Waals surface area contributed by atoms with Crippen molar-refractivity contribution in [1.29, 1.82) is 0 Å². The Bertz CT molecular complexity index is 1210. The van der Waals surface area contributed by atoms with Gasteiger partial charge in [-0.15, -0.1) is 0 Å². The number of anilines is 2. The summed E-state index contributed by atoms with van der Waals surface area (Å²) in [6, 6.07) is 7.34. The highest BCUT2D eigenvalue weighted by Crippen LogP contribution is 2.25. The van der Waals surface area contributed by atoms with Gasteiger partial charge in [-0.1, -0.05) is 0 Å². The summed E-state index contributed by atoms with van der Waals surface area (Å²) in [7, 11) is -3.91. The first-order chi connectivity index (χ1) is 14.8. The van der Waals surface area contributed by atoms with Gasteiger partial charge < -0.3 is 10.2 Å². The quantitative estimate of drug-likeness (QED) is 0.535. The van der Waals surface area contributed by atoms with Gasteiger partial charge >= 0.3 is 0 Å². The van der Waals surface area contributed by atoms with E-state index < -0.39 is 15.9 Å². The molecule has 12 nitrogen and oxygen atoms in total. The van der Waals surface area contributed by atoms with E-state index in [4.69, 9.17) is 0 Å². The van der Waals surface area contributed by atoms with Gasteiger partial charge in [-0.3, -0.25) is 9.59 Å². The van der Waals surface area contributed by atoms with Crippen LogP contribution in [-0.2, 0) is 19.6 Å². The predicted octanol–water partition coefficient (Wildman–Crippen LogP) is -0.0430. The largest absolute Gasteiger partial charge is 0.355 e. The molecule has 0 spiro atoms. The third-order valence-corrected chi connectivity index (χ3v) is 6.03. The molecule has 0 radical (unpaired) electrons. The van der Waals surface area contributed by atoms with E-state index in [-0.39, 0.29) is 16.7 Å². The second-order valence-corrected chi connectivity index (χ2v) is 8.53. The van der Waals surface area contributed by atoms with Gasteiger partial charge in [0, 0.05) is 31.8 Å². The SMILES string of the molecule is CC(=O)NS(=O)(=O)c1ccc(NC(=O)C2CN(c3cc(-n4cncn4)ncn3)C2)cc1. The van der Waals surface area contributed by atoms with E-state index in [0.717, 1.165) is 6.92 Å². The lowest BCUT2D eigenvalue weighted by Crippen LogP contribution is -2.52. The van der Waals surface area contributed by atoms with Gasteiger partial charge in [0.05, 0.1) is 10.8 Å². The molecule has 160 valence electrons. The third-order valence-electron chi connectivity index (χ3n) is 4.58. The van der Waals surface area contributed by atoms with Crippen LogP contribution in [0.2, 0.25) is 0 Å². The van der Waals surface area contributed by atoms with Crippen LogP contribution in [0.15, 0.2) is 54.2 Å². The van der Waals surface area contributed by atoms with Gasteiger partial charge in [-0.25, -0.2) is 32.8 Å². The minimum absolute atomic E-state index is 0.0672. The highest BCUT2D eigenvalue weighted by Gasteiger charge is 2.33. The fraction of sp³-hybridized carbons (Fsp3) is 0.222. The van der Waals surface area contributed by atoms with Crippen molar-refractivity contribution < 1.29 is 18.0 Å². The maximum atomic E-state index is 12.5. The number of aromatic nitrogens is 5. The Morgan fingerprint density at radius 2 is 1.77 bits per heavy atom. The number of hydrogen-bond donors (Lipinski definition) is 2. The molecule has 1 fully saturated rings. The Morgan fingerprint density at radius 3 is 2.42 bits per heavy atom. The fourth-order valence-corrected chi connectivity index (χ4v) is 3.99. The molecule has 3 heterocycles. The fourth-order valence-electron chi connectivity index (χ4n) is 3.00. The lowest BCUT2D eigenvalue weighted by Gasteiger charge is -2.39. The Kier molecular flexibility index (Phi) is 5.33. The number of amides is 2. The molecule has 31 heavy (non-hydrogen) atoms. The van der Waals surface area contributed by atoms with Crippen molar-refractivity contribution in [2.45, 2.75) is 11.8 Å². The lowest BCUT2D eigenvalue weighted by atomic mass is 9.99. The third kappa shape index (κ3) is 4.50. The molecule has 1 aliphatic rings. The van der Waals surface area contributed by atoms with E-state index in [0.29, 0.717) is 30.4 Å². The van der Waals surface area contributed by atoms with E-state index >= 15 is 0 Å². The van der Waals surface area contributed by atoms with Crippen molar-refractivity contribution in [3.63, 3.8) is 0 Å². The molecule has 0 saturated carbocycles. The van der Waals surface area contributed by atoms with Crippen LogP contribution in [-0.4, -0.2) is 58.1 Å². The van der Waals surface area contributed by atoms with E-state index in [1.165, 1.54) is 47.9 Å². The van der Waals surface area contributed by atoms with Crippen molar-refractivity contribution in [3.8, 4) is 5.82 Å². The zero-order chi connectivity index (χ0) is 22.0. The van der Waals surface area contributed by atoms with Gasteiger partial charge in [0.15, 0.2) is 5.82 Å². The molecule has 3 aromatic rings. The normalized spacial score (nSPS) is 14.0. The van der Waals surface area contributed by atoms with E-state index in [1.54, 1.807) is 6.07 Å². The van der Waals surface area contributed by atoms with Crippen LogP contribution in [0.25, 0.3) is 5.82 Å². The van der Waals surface area contributed by atoms with Crippen LogP contribution >= 0.6 is 0 Å². The minimum Gasteiger partial charge on any atom is -0.355 e. The highest BCUT2D eigenvalue weighted by atomic mass is 32.2. The number of carbonyl (C=O) groups is 2. The zero-order valence-corrected chi connectivity index (χ0v) is 17.2. The molecule has 4 rings (SSSR count). The van der Waals surface area contributed by atoms with Crippen LogP contribution in [0.1, 0.15) is 6.92 Å². The van der Waals surface area contributed by atoms with Crippen molar-refractivity contribution >= 4 is 33.3 Å². The van der Waals surface area contributed by atoms with Crippen molar-refractivity contribution in [2.24, 2.45) is 5.92 Å². The Hall–Kier alpha value is -3.87. The van der Waals surface area contributed by atoms with Gasteiger partial charge in [-0.2, -0.15) is 5.10 Å². The maximum absolute atomic E-state index is 12.5. The zero-order valence-electron chi connectivity index (χ0n) is 16.3. The lowest BCUT2D eigenvalue weighted by molar-refractivity contribution is -0.120. The molecular formula is C18H18N8O4S. The molecule has 1 saturated heterocycles. The first-order valence-corrected chi connectivity index (χ1v) is 10.7. The topological polar surface area (TPSA) is 152 Å². The summed E-state index contributed by atoms with van der Waals surface area (Å²) in [5, 5.41) is 6.80. The first-order valence-electron chi connectivity index (χ1n) is 9.18. The number of carbonyl (C=O) groups excluding carboxylic acids is 2. The summed E-state index contributed by atoms with van der Waals surface area (Å²) in [6.45, 7) is 2.08. The van der Waals surface area contributed by atoms with Crippen LogP contribution in [0.4, 0.5) is 11.5 Å². The van der Waals surface area contributed by atoms with E-state index in [1.807, 2.05) is 9.62 Å². The molecule has 0 unspecified atom stereocenters. The highest BCUT2D eigenvalue weighted by molar-refractivity contribution is 7.90. The average molecular weight is 442 g/mol. The molecule has 0 aliphatic carbocycles. The number of benzene rings is 1. The van der Waals surface area contributed by atoms with Gasteiger partial charge in [0.2, 0.25) is 11.8 Å². The van der Waals surface area contributed by atoms with Crippen LogP contribution in [0, 0.1) is 5.92 Å². The van der Waals surface area contributed by atoms with Crippen molar-refractivity contribution in [2.75, 3.05) is 23.3 Å². The second kappa shape index (κ2) is 8.10. The summed E-state index contributed by atoms with van der Waals surface area (Å²) < 4.78 is 27.3. The minimum atomic E-state index is -3.91. The molecule has 1 aromatic carbocycles. The van der Waals surface area contributed by atoms with Crippen LogP contribution < -0.4 is 14.9 Å². The molecule has 13 heteroatoms. The van der Waals surface area contributed by atoms with Crippen molar-refractivity contribution in [1.82, 2.24) is 29.5 Å². The Morgan fingerprint density at radius 1 is 1.06 bits per heavy atom. The molecule has 1 aliphatic heterocycles. The number of hydrogen-bond acceptors (Lipinski definition) is 9. The number of sulfonamides is 1. The summed E-state index contributed by atoms with van der Waals surface area (Å²) in [5.41, 5.74) is 0.459. The number of nitrogens with zero attached hydrogens (tertiary/aromatic N) is 6. The summed E-state index contributed by atoms with van der Waals surface area (Å²) in [5.74, 6) is 0.151. The predicted molar refractivity (Wildman–Crippen MR) is 109 cm³/mol. The monoisotopic (exact) mass is 442 g/mol. The summed E-state index contributed by atoms with van der Waals surface area (Å²) >= 11 is 0. The van der Waals surface area contributed by atoms with E-state index in [9.17, 15) is 18.0 Å². The van der Waals surface area contributed by atoms with Gasteiger partial charge in [0.1, 0.15) is 24.8 Å². The molecule has 2 amide bonds. The molecule has 2 aromatic heterocycles. The maximum Gasteiger partial charge on any atom is 0.264 e. The second-order valence-electron chi connectivity index (χ2n) is 6.85. The molecule has 0 bridgehead atoms. The van der Waals surface area contributed by atoms with Gasteiger partial charge in [-0.05, 0) is 24.3 Å². The molecule has 2 N–H and O–H groups in total. The van der Waals surface area contributed by atoms with Gasteiger partial charge in [0.25, 0.3) is 10.0 Å². The van der Waals surface area contributed by atoms with E-state index in [2.05, 4.69) is 25.4 Å². The Balaban J connectivity index is 1.34. The molecular weight excluding hydrogens is 424 g/mol. The number of rotatable bonds is 6. The average Bonchev–Trinajstić information content (AvgIpc) is 3.21. The molecule has 0 atom stereocenters. The first kappa shape index (κ1) is 20.4.